The first kappa shape index (κ1) is 22.4. The van der Waals surface area contributed by atoms with Crippen LogP contribution in [0.3, 0.4) is 0 Å². The van der Waals surface area contributed by atoms with Gasteiger partial charge in [-0.25, -0.2) is 27.5 Å². The van der Waals surface area contributed by atoms with Crippen LogP contribution in [0.5, 0.6) is 0 Å². The molecule has 1 aliphatic heterocycles. The molecule has 8 nitrogen and oxygen atoms in total. The van der Waals surface area contributed by atoms with Crippen LogP contribution < -0.4 is 4.90 Å². The molecule has 4 aromatic rings. The standard InChI is InChI=1S/C24H25FN6O2S/c1-3-17-14-27-23(15-26-17)30-10-8-18(9-11-30)31-24-16(13-28-31)4-7-22(29-24)20-6-5-19(12-21(20)25)34(2,32)33/h4-7,12-15,18H,3,8-11H2,1-2H3. The molecule has 1 aromatic carbocycles. The van der Waals surface area contributed by atoms with Crippen LogP contribution in [0.2, 0.25) is 0 Å². The Bertz CT molecular complexity index is 1440. The lowest BCUT2D eigenvalue weighted by atomic mass is 10.1. The minimum absolute atomic E-state index is 0.0550. The highest BCUT2D eigenvalue weighted by Crippen LogP contribution is 2.30. The predicted octanol–water partition coefficient (Wildman–Crippen LogP) is 3.83. The molecule has 0 bridgehead atoms. The highest BCUT2D eigenvalue weighted by atomic mass is 32.2. The first-order valence-corrected chi connectivity index (χ1v) is 13.1. The van der Waals surface area contributed by atoms with Crippen molar-refractivity contribution in [2.24, 2.45) is 0 Å². The molecule has 5 rings (SSSR count). The molecule has 0 unspecified atom stereocenters. The van der Waals surface area contributed by atoms with E-state index in [0.717, 1.165) is 61.6 Å². The number of sulfone groups is 1. The topological polar surface area (TPSA) is 93.9 Å². The highest BCUT2D eigenvalue weighted by molar-refractivity contribution is 7.90. The molecule has 0 aliphatic carbocycles. The average Bonchev–Trinajstić information content (AvgIpc) is 3.27. The second-order valence-electron chi connectivity index (χ2n) is 8.55. The van der Waals surface area contributed by atoms with Gasteiger partial charge in [0.05, 0.1) is 40.9 Å². The van der Waals surface area contributed by atoms with E-state index in [2.05, 4.69) is 26.9 Å². The van der Waals surface area contributed by atoms with Crippen LogP contribution in [-0.2, 0) is 16.3 Å². The van der Waals surface area contributed by atoms with E-state index in [9.17, 15) is 12.8 Å². The summed E-state index contributed by atoms with van der Waals surface area (Å²) in [6.07, 6.45) is 9.10. The minimum atomic E-state index is -3.49. The van der Waals surface area contributed by atoms with Crippen molar-refractivity contribution < 1.29 is 12.8 Å². The van der Waals surface area contributed by atoms with Crippen LogP contribution >= 0.6 is 0 Å². The summed E-state index contributed by atoms with van der Waals surface area (Å²) in [6.45, 7) is 3.71. The molecule has 34 heavy (non-hydrogen) atoms. The van der Waals surface area contributed by atoms with Gasteiger partial charge in [0.2, 0.25) is 0 Å². The van der Waals surface area contributed by atoms with Gasteiger partial charge in [-0.15, -0.1) is 0 Å². The maximum Gasteiger partial charge on any atom is 0.175 e. The van der Waals surface area contributed by atoms with Crippen molar-refractivity contribution in [3.05, 3.63) is 60.4 Å². The quantitative estimate of drug-likeness (QED) is 0.428. The Morgan fingerprint density at radius 3 is 2.50 bits per heavy atom. The van der Waals surface area contributed by atoms with Gasteiger partial charge in [-0.2, -0.15) is 5.10 Å². The number of aryl methyl sites for hydroxylation is 1. The molecule has 0 atom stereocenters. The SMILES string of the molecule is CCc1cnc(N2CCC(n3ncc4ccc(-c5ccc(S(C)(=O)=O)cc5F)nc43)CC2)cn1. The molecule has 0 radical (unpaired) electrons. The summed E-state index contributed by atoms with van der Waals surface area (Å²) in [5.74, 6) is 0.263. The summed E-state index contributed by atoms with van der Waals surface area (Å²) in [4.78, 5) is 15.9. The van der Waals surface area contributed by atoms with Gasteiger partial charge in [0.15, 0.2) is 15.5 Å². The number of fused-ring (bicyclic) bond motifs is 1. The summed E-state index contributed by atoms with van der Waals surface area (Å²) < 4.78 is 40.1. The molecule has 3 aromatic heterocycles. The maximum absolute atomic E-state index is 14.8. The monoisotopic (exact) mass is 480 g/mol. The zero-order chi connectivity index (χ0) is 23.9. The summed E-state index contributed by atoms with van der Waals surface area (Å²) >= 11 is 0. The molecular weight excluding hydrogens is 455 g/mol. The fraction of sp³-hybridized carbons (Fsp3) is 0.333. The van der Waals surface area contributed by atoms with Crippen LogP contribution in [0, 0.1) is 5.82 Å². The van der Waals surface area contributed by atoms with E-state index in [1.165, 1.54) is 12.1 Å². The Labute approximate surface area is 197 Å². The van der Waals surface area contributed by atoms with Crippen molar-refractivity contribution >= 4 is 26.7 Å². The van der Waals surface area contributed by atoms with Crippen LogP contribution in [-0.4, -0.2) is 52.5 Å². The second-order valence-corrected chi connectivity index (χ2v) is 10.6. The van der Waals surface area contributed by atoms with Gasteiger partial charge in [0.1, 0.15) is 11.6 Å². The number of nitrogens with zero attached hydrogens (tertiary/aromatic N) is 6. The Balaban J connectivity index is 1.39. The molecule has 1 aliphatic rings. The second kappa shape index (κ2) is 8.75. The summed E-state index contributed by atoms with van der Waals surface area (Å²) in [7, 11) is -3.49. The van der Waals surface area contributed by atoms with E-state index in [1.54, 1.807) is 12.3 Å². The van der Waals surface area contributed by atoms with E-state index >= 15 is 0 Å². The third-order valence-corrected chi connectivity index (χ3v) is 7.39. The Hall–Kier alpha value is -3.40. The lowest BCUT2D eigenvalue weighted by molar-refractivity contribution is 0.373. The lowest BCUT2D eigenvalue weighted by Crippen LogP contribution is -2.35. The van der Waals surface area contributed by atoms with Gasteiger partial charge in [-0.1, -0.05) is 6.92 Å². The predicted molar refractivity (Wildman–Crippen MR) is 128 cm³/mol. The number of piperidine rings is 1. The fourth-order valence-electron chi connectivity index (χ4n) is 4.31. The third kappa shape index (κ3) is 4.25. The fourth-order valence-corrected chi connectivity index (χ4v) is 4.94. The number of hydrogen-bond acceptors (Lipinski definition) is 7. The molecule has 0 N–H and O–H groups in total. The molecule has 0 amide bonds. The highest BCUT2D eigenvalue weighted by Gasteiger charge is 2.24. The Morgan fingerprint density at radius 1 is 1.06 bits per heavy atom. The summed E-state index contributed by atoms with van der Waals surface area (Å²) in [6, 6.07) is 7.67. The van der Waals surface area contributed by atoms with Crippen molar-refractivity contribution in [2.45, 2.75) is 37.1 Å². The first-order valence-electron chi connectivity index (χ1n) is 11.2. The molecule has 0 saturated carbocycles. The number of pyridine rings is 1. The molecule has 4 heterocycles. The van der Waals surface area contributed by atoms with Gasteiger partial charge in [0, 0.05) is 30.3 Å². The van der Waals surface area contributed by atoms with E-state index in [1.807, 2.05) is 23.1 Å². The molecule has 1 saturated heterocycles. The molecule has 0 spiro atoms. The normalized spacial score (nSPS) is 15.2. The van der Waals surface area contributed by atoms with Crippen molar-refractivity contribution in [3.8, 4) is 11.3 Å². The lowest BCUT2D eigenvalue weighted by Gasteiger charge is -2.32. The molecule has 176 valence electrons. The summed E-state index contributed by atoms with van der Waals surface area (Å²) in [5, 5.41) is 5.45. The zero-order valence-corrected chi connectivity index (χ0v) is 19.8. The van der Waals surface area contributed by atoms with Gasteiger partial charge < -0.3 is 4.90 Å². The number of aromatic nitrogens is 5. The number of halogens is 1. The average molecular weight is 481 g/mol. The van der Waals surface area contributed by atoms with E-state index < -0.39 is 15.7 Å². The van der Waals surface area contributed by atoms with Crippen molar-refractivity contribution in [3.63, 3.8) is 0 Å². The minimum Gasteiger partial charge on any atom is -0.355 e. The van der Waals surface area contributed by atoms with E-state index in [0.29, 0.717) is 11.3 Å². The van der Waals surface area contributed by atoms with Crippen molar-refractivity contribution in [1.29, 1.82) is 0 Å². The van der Waals surface area contributed by atoms with Gasteiger partial charge in [-0.3, -0.25) is 4.98 Å². The van der Waals surface area contributed by atoms with Gasteiger partial charge in [0.25, 0.3) is 0 Å². The first-order chi connectivity index (χ1) is 16.3. The number of anilines is 1. The maximum atomic E-state index is 14.8. The molecular formula is C24H25FN6O2S. The van der Waals surface area contributed by atoms with E-state index in [-0.39, 0.29) is 16.5 Å². The number of rotatable bonds is 5. The van der Waals surface area contributed by atoms with Crippen LogP contribution in [0.4, 0.5) is 10.2 Å². The largest absolute Gasteiger partial charge is 0.355 e. The zero-order valence-electron chi connectivity index (χ0n) is 19.0. The third-order valence-electron chi connectivity index (χ3n) is 6.28. The number of hydrogen-bond donors (Lipinski definition) is 0. The molecule has 10 heteroatoms. The van der Waals surface area contributed by atoms with Crippen molar-refractivity contribution in [1.82, 2.24) is 24.7 Å². The Morgan fingerprint density at radius 2 is 1.85 bits per heavy atom. The van der Waals surface area contributed by atoms with Gasteiger partial charge in [-0.05, 0) is 49.6 Å². The molecule has 1 fully saturated rings. The number of benzene rings is 1. The van der Waals surface area contributed by atoms with E-state index in [4.69, 9.17) is 4.98 Å². The van der Waals surface area contributed by atoms with Crippen LogP contribution in [0.15, 0.2) is 53.8 Å². The smallest absolute Gasteiger partial charge is 0.175 e. The Kier molecular flexibility index (Phi) is 5.76. The van der Waals surface area contributed by atoms with Crippen LogP contribution in [0.1, 0.15) is 31.5 Å². The van der Waals surface area contributed by atoms with Crippen molar-refractivity contribution in [2.75, 3.05) is 24.2 Å². The van der Waals surface area contributed by atoms with Gasteiger partial charge >= 0.3 is 0 Å². The van der Waals surface area contributed by atoms with Crippen LogP contribution in [0.25, 0.3) is 22.3 Å². The summed E-state index contributed by atoms with van der Waals surface area (Å²) in [5.41, 5.74) is 2.36.